The van der Waals surface area contributed by atoms with Crippen LogP contribution in [0, 0.1) is 6.92 Å². The number of nitrogens with zero attached hydrogens (tertiary/aromatic N) is 1. The van der Waals surface area contributed by atoms with Crippen LogP contribution in [-0.2, 0) is 6.54 Å². The molecule has 2 heterocycles. The van der Waals surface area contributed by atoms with Gasteiger partial charge in [-0.25, -0.2) is 0 Å². The van der Waals surface area contributed by atoms with E-state index < -0.39 is 0 Å². The molecule has 72 valence electrons. The third-order valence-corrected chi connectivity index (χ3v) is 3.66. The van der Waals surface area contributed by atoms with Crippen LogP contribution in [0.4, 0.5) is 0 Å². The Bertz CT molecular complexity index is 278. The molecule has 1 saturated heterocycles. The van der Waals surface area contributed by atoms with Gasteiger partial charge in [0.1, 0.15) is 0 Å². The van der Waals surface area contributed by atoms with Crippen molar-refractivity contribution in [3.8, 4) is 0 Å². The molecule has 0 aliphatic carbocycles. The Hall–Kier alpha value is -0.380. The quantitative estimate of drug-likeness (QED) is 0.787. The zero-order chi connectivity index (χ0) is 9.26. The van der Waals surface area contributed by atoms with Crippen molar-refractivity contribution < 1.29 is 0 Å². The zero-order valence-electron chi connectivity index (χ0n) is 8.21. The van der Waals surface area contributed by atoms with Crippen LogP contribution in [0.1, 0.15) is 10.4 Å². The Morgan fingerprint density at radius 3 is 2.85 bits per heavy atom. The molecule has 2 rings (SSSR count). The molecule has 1 aromatic heterocycles. The highest BCUT2D eigenvalue weighted by molar-refractivity contribution is 7.10. The summed E-state index contributed by atoms with van der Waals surface area (Å²) in [6.45, 7) is 5.61. The Labute approximate surface area is 83.6 Å². The van der Waals surface area contributed by atoms with Crippen molar-refractivity contribution in [3.05, 3.63) is 21.9 Å². The van der Waals surface area contributed by atoms with Crippen LogP contribution in [0.3, 0.4) is 0 Å². The van der Waals surface area contributed by atoms with Gasteiger partial charge in [0.05, 0.1) is 0 Å². The lowest BCUT2D eigenvalue weighted by Gasteiger charge is -2.35. The fourth-order valence-electron chi connectivity index (χ4n) is 1.56. The number of likely N-dealkylation sites (N-methyl/N-ethyl adjacent to an activating group) is 1. The second-order valence-corrected chi connectivity index (χ2v) is 4.85. The highest BCUT2D eigenvalue weighted by atomic mass is 32.1. The number of nitrogens with one attached hydrogen (secondary N) is 1. The first kappa shape index (κ1) is 9.19. The van der Waals surface area contributed by atoms with Gasteiger partial charge in [-0.15, -0.1) is 11.3 Å². The molecule has 3 heteroatoms. The van der Waals surface area contributed by atoms with Gasteiger partial charge in [0.15, 0.2) is 0 Å². The van der Waals surface area contributed by atoms with Gasteiger partial charge < -0.3 is 5.32 Å². The van der Waals surface area contributed by atoms with Crippen molar-refractivity contribution in [1.29, 1.82) is 0 Å². The van der Waals surface area contributed by atoms with Gasteiger partial charge in [-0.05, 0) is 31.0 Å². The summed E-state index contributed by atoms with van der Waals surface area (Å²) in [7, 11) is 2.21. The van der Waals surface area contributed by atoms with E-state index in [2.05, 4.69) is 35.6 Å². The van der Waals surface area contributed by atoms with Gasteiger partial charge in [0.2, 0.25) is 0 Å². The van der Waals surface area contributed by atoms with Crippen molar-refractivity contribution in [3.63, 3.8) is 0 Å². The number of hydrogen-bond acceptors (Lipinski definition) is 3. The minimum atomic E-state index is 0.749. The Morgan fingerprint density at radius 1 is 1.62 bits per heavy atom. The number of hydrogen-bond donors (Lipinski definition) is 1. The monoisotopic (exact) mass is 196 g/mol. The first-order valence-corrected chi connectivity index (χ1v) is 5.59. The zero-order valence-corrected chi connectivity index (χ0v) is 9.03. The van der Waals surface area contributed by atoms with Crippen molar-refractivity contribution in [2.24, 2.45) is 0 Å². The van der Waals surface area contributed by atoms with E-state index in [9.17, 15) is 0 Å². The standard InChI is InChI=1S/C10H16N2S/c1-8-9(3-4-13-8)7-12(2)10-5-11-6-10/h3-4,10-11H,5-7H2,1-2H3. The van der Waals surface area contributed by atoms with Crippen LogP contribution in [0.5, 0.6) is 0 Å². The molecule has 0 spiro atoms. The predicted molar refractivity (Wildman–Crippen MR) is 57.2 cm³/mol. The predicted octanol–water partition coefficient (Wildman–Crippen LogP) is 1.46. The SMILES string of the molecule is Cc1sccc1CN(C)C1CNC1. The molecular formula is C10H16N2S. The fourth-order valence-corrected chi connectivity index (χ4v) is 2.28. The molecule has 0 atom stereocenters. The number of rotatable bonds is 3. The summed E-state index contributed by atoms with van der Waals surface area (Å²) in [5.74, 6) is 0. The molecule has 0 aromatic carbocycles. The Morgan fingerprint density at radius 2 is 2.38 bits per heavy atom. The van der Waals surface area contributed by atoms with Crippen molar-refractivity contribution in [2.75, 3.05) is 20.1 Å². The lowest BCUT2D eigenvalue weighted by Crippen LogP contribution is -2.55. The van der Waals surface area contributed by atoms with Crippen LogP contribution in [0.15, 0.2) is 11.4 Å². The molecule has 2 nitrogen and oxygen atoms in total. The average molecular weight is 196 g/mol. The number of aryl methyl sites for hydroxylation is 1. The van der Waals surface area contributed by atoms with E-state index in [1.807, 2.05) is 11.3 Å². The van der Waals surface area contributed by atoms with Crippen LogP contribution < -0.4 is 5.32 Å². The molecule has 1 aliphatic rings. The molecule has 1 fully saturated rings. The van der Waals surface area contributed by atoms with Gasteiger partial charge >= 0.3 is 0 Å². The van der Waals surface area contributed by atoms with Crippen LogP contribution in [0.2, 0.25) is 0 Å². The van der Waals surface area contributed by atoms with E-state index in [1.165, 1.54) is 10.4 Å². The summed E-state index contributed by atoms with van der Waals surface area (Å²) < 4.78 is 0. The maximum atomic E-state index is 3.30. The average Bonchev–Trinajstić information content (AvgIpc) is 2.32. The van der Waals surface area contributed by atoms with Crippen LogP contribution in [-0.4, -0.2) is 31.1 Å². The molecule has 1 N–H and O–H groups in total. The van der Waals surface area contributed by atoms with Crippen LogP contribution in [0.25, 0.3) is 0 Å². The molecule has 13 heavy (non-hydrogen) atoms. The molecule has 1 aliphatic heterocycles. The molecule has 0 radical (unpaired) electrons. The lowest BCUT2D eigenvalue weighted by atomic mass is 10.1. The second kappa shape index (κ2) is 3.78. The van der Waals surface area contributed by atoms with Crippen molar-refractivity contribution in [1.82, 2.24) is 10.2 Å². The third kappa shape index (κ3) is 1.93. The van der Waals surface area contributed by atoms with E-state index >= 15 is 0 Å². The third-order valence-electron chi connectivity index (χ3n) is 2.77. The molecule has 1 aromatic rings. The summed E-state index contributed by atoms with van der Waals surface area (Å²) in [4.78, 5) is 3.89. The maximum Gasteiger partial charge on any atom is 0.0345 e. The van der Waals surface area contributed by atoms with E-state index in [0.717, 1.165) is 25.7 Å². The topological polar surface area (TPSA) is 15.3 Å². The molecule has 0 amide bonds. The Balaban J connectivity index is 1.93. The first-order valence-electron chi connectivity index (χ1n) is 4.71. The fraction of sp³-hybridized carbons (Fsp3) is 0.600. The van der Waals surface area contributed by atoms with E-state index in [4.69, 9.17) is 0 Å². The smallest absolute Gasteiger partial charge is 0.0345 e. The first-order chi connectivity index (χ1) is 6.27. The minimum absolute atomic E-state index is 0.749. The van der Waals surface area contributed by atoms with E-state index in [1.54, 1.807) is 0 Å². The van der Waals surface area contributed by atoms with Gasteiger partial charge in [-0.2, -0.15) is 0 Å². The summed E-state index contributed by atoms with van der Waals surface area (Å²) in [6.07, 6.45) is 0. The highest BCUT2D eigenvalue weighted by Gasteiger charge is 2.21. The summed E-state index contributed by atoms with van der Waals surface area (Å²) in [5.41, 5.74) is 1.49. The normalized spacial score (nSPS) is 17.8. The van der Waals surface area contributed by atoms with E-state index in [-0.39, 0.29) is 0 Å². The number of thiophene rings is 1. The maximum absolute atomic E-state index is 3.30. The second-order valence-electron chi connectivity index (χ2n) is 3.73. The summed E-state index contributed by atoms with van der Waals surface area (Å²) >= 11 is 1.84. The van der Waals surface area contributed by atoms with Gasteiger partial charge in [0, 0.05) is 30.6 Å². The van der Waals surface area contributed by atoms with Gasteiger partial charge in [-0.3, -0.25) is 4.90 Å². The molecule has 0 bridgehead atoms. The van der Waals surface area contributed by atoms with Gasteiger partial charge in [0.25, 0.3) is 0 Å². The molecule has 0 saturated carbocycles. The molecular weight excluding hydrogens is 180 g/mol. The van der Waals surface area contributed by atoms with Gasteiger partial charge in [-0.1, -0.05) is 0 Å². The lowest BCUT2D eigenvalue weighted by molar-refractivity contribution is 0.173. The van der Waals surface area contributed by atoms with Crippen molar-refractivity contribution >= 4 is 11.3 Å². The summed E-state index contributed by atoms with van der Waals surface area (Å²) in [6, 6.07) is 2.99. The Kier molecular flexibility index (Phi) is 2.67. The van der Waals surface area contributed by atoms with Crippen molar-refractivity contribution in [2.45, 2.75) is 19.5 Å². The minimum Gasteiger partial charge on any atom is -0.314 e. The van der Waals surface area contributed by atoms with E-state index in [0.29, 0.717) is 0 Å². The van der Waals surface area contributed by atoms with Crippen LogP contribution >= 0.6 is 11.3 Å². The molecule has 0 unspecified atom stereocenters. The largest absolute Gasteiger partial charge is 0.314 e. The highest BCUT2D eigenvalue weighted by Crippen LogP contribution is 2.17. The summed E-state index contributed by atoms with van der Waals surface area (Å²) in [5, 5.41) is 5.48.